The lowest BCUT2D eigenvalue weighted by Crippen LogP contribution is -2.31. The van der Waals surface area contributed by atoms with Crippen molar-refractivity contribution in [2.45, 2.75) is 31.1 Å². The Bertz CT molecular complexity index is 862. The summed E-state index contributed by atoms with van der Waals surface area (Å²) in [5.41, 5.74) is 1.95. The number of nitrogens with one attached hydrogen (secondary N) is 1. The molecule has 1 unspecified atom stereocenters. The van der Waals surface area contributed by atoms with Gasteiger partial charge in [0.05, 0.1) is 4.90 Å². The fourth-order valence-electron chi connectivity index (χ4n) is 3.12. The molecule has 1 fully saturated rings. The Kier molecular flexibility index (Phi) is 5.44. The summed E-state index contributed by atoms with van der Waals surface area (Å²) in [4.78, 5) is 14.2. The van der Waals surface area contributed by atoms with Crippen molar-refractivity contribution in [3.63, 3.8) is 0 Å². The molecule has 1 atom stereocenters. The van der Waals surface area contributed by atoms with Crippen molar-refractivity contribution in [1.29, 1.82) is 0 Å². The molecule has 0 aliphatic carbocycles. The minimum Gasteiger partial charge on any atom is -0.312 e. The molecule has 0 bridgehead atoms. The van der Waals surface area contributed by atoms with Gasteiger partial charge in [0.2, 0.25) is 15.9 Å². The van der Waals surface area contributed by atoms with Gasteiger partial charge in [-0.3, -0.25) is 4.79 Å². The van der Waals surface area contributed by atoms with Crippen molar-refractivity contribution in [3.8, 4) is 0 Å². The second kappa shape index (κ2) is 7.60. The van der Waals surface area contributed by atoms with Crippen molar-refractivity contribution < 1.29 is 13.2 Å². The monoisotopic (exact) mass is 372 g/mol. The van der Waals surface area contributed by atoms with E-state index in [1.54, 1.807) is 17.0 Å². The fourth-order valence-corrected chi connectivity index (χ4v) is 4.23. The normalized spacial score (nSPS) is 17.9. The third-order valence-corrected chi connectivity index (χ3v) is 6.13. The number of anilines is 1. The highest BCUT2D eigenvalue weighted by atomic mass is 32.2. The van der Waals surface area contributed by atoms with Crippen LogP contribution in [0.25, 0.3) is 0 Å². The number of sulfonamides is 1. The summed E-state index contributed by atoms with van der Waals surface area (Å²) in [6.45, 7) is 4.91. The maximum absolute atomic E-state index is 12.5. The van der Waals surface area contributed by atoms with Gasteiger partial charge in [0.1, 0.15) is 0 Å². The molecule has 1 aliphatic heterocycles. The van der Waals surface area contributed by atoms with E-state index in [-0.39, 0.29) is 23.3 Å². The Hall–Kier alpha value is -2.18. The number of hydrogen-bond donors (Lipinski definition) is 1. The Morgan fingerprint density at radius 1 is 1.08 bits per heavy atom. The van der Waals surface area contributed by atoms with E-state index in [9.17, 15) is 13.2 Å². The zero-order chi connectivity index (χ0) is 18.7. The van der Waals surface area contributed by atoms with Crippen molar-refractivity contribution in [3.05, 3.63) is 60.2 Å². The van der Waals surface area contributed by atoms with Crippen LogP contribution in [-0.4, -0.2) is 27.4 Å². The van der Waals surface area contributed by atoms with Gasteiger partial charge in [-0.15, -0.1) is 0 Å². The number of hydrogen-bond acceptors (Lipinski definition) is 3. The van der Waals surface area contributed by atoms with Crippen LogP contribution in [0.5, 0.6) is 0 Å². The second-order valence-electron chi connectivity index (χ2n) is 6.99. The van der Waals surface area contributed by atoms with Crippen LogP contribution in [0.3, 0.4) is 0 Å². The molecule has 1 amide bonds. The first-order valence-electron chi connectivity index (χ1n) is 8.82. The van der Waals surface area contributed by atoms with Gasteiger partial charge in [0, 0.05) is 25.2 Å². The smallest absolute Gasteiger partial charge is 0.240 e. The summed E-state index contributed by atoms with van der Waals surface area (Å²) in [5, 5.41) is 0. The molecule has 138 valence electrons. The van der Waals surface area contributed by atoms with Gasteiger partial charge in [-0.25, -0.2) is 13.1 Å². The van der Waals surface area contributed by atoms with Gasteiger partial charge < -0.3 is 4.90 Å². The number of para-hydroxylation sites is 1. The second-order valence-corrected chi connectivity index (χ2v) is 8.75. The van der Waals surface area contributed by atoms with E-state index in [2.05, 4.69) is 18.6 Å². The van der Waals surface area contributed by atoms with Gasteiger partial charge >= 0.3 is 0 Å². The molecule has 6 heteroatoms. The molecule has 1 heterocycles. The van der Waals surface area contributed by atoms with Crippen LogP contribution in [0, 0.1) is 5.92 Å². The molecule has 3 rings (SSSR count). The van der Waals surface area contributed by atoms with Gasteiger partial charge in [0.15, 0.2) is 0 Å². The number of benzene rings is 2. The van der Waals surface area contributed by atoms with Gasteiger partial charge in [-0.1, -0.05) is 44.2 Å². The zero-order valence-corrected chi connectivity index (χ0v) is 15.9. The van der Waals surface area contributed by atoms with Gasteiger partial charge in [-0.05, 0) is 41.7 Å². The number of rotatable bonds is 6. The summed E-state index contributed by atoms with van der Waals surface area (Å²) >= 11 is 0. The molecule has 5 nitrogen and oxygen atoms in total. The van der Waals surface area contributed by atoms with Crippen LogP contribution < -0.4 is 9.62 Å². The fraction of sp³-hybridized carbons (Fsp3) is 0.350. The average molecular weight is 372 g/mol. The van der Waals surface area contributed by atoms with Crippen molar-refractivity contribution in [2.24, 2.45) is 5.92 Å². The molecule has 2 aromatic rings. The lowest BCUT2D eigenvalue weighted by Gasteiger charge is -2.17. The third kappa shape index (κ3) is 4.14. The molecule has 0 aromatic heterocycles. The number of carbonyl (C=O) groups excluding carboxylic acids is 1. The number of nitrogens with zero attached hydrogens (tertiary/aromatic N) is 1. The minimum absolute atomic E-state index is 0.0293. The molecule has 0 spiro atoms. The van der Waals surface area contributed by atoms with E-state index in [0.717, 1.165) is 11.3 Å². The van der Waals surface area contributed by atoms with Crippen LogP contribution >= 0.6 is 0 Å². The van der Waals surface area contributed by atoms with Gasteiger partial charge in [-0.2, -0.15) is 0 Å². The lowest BCUT2D eigenvalue weighted by atomic mass is 10.0. The van der Waals surface area contributed by atoms with Crippen molar-refractivity contribution in [1.82, 2.24) is 4.72 Å². The van der Waals surface area contributed by atoms with Crippen LogP contribution in [0.2, 0.25) is 0 Å². The summed E-state index contributed by atoms with van der Waals surface area (Å²) in [6, 6.07) is 16.4. The highest BCUT2D eigenvalue weighted by molar-refractivity contribution is 7.89. The molecule has 26 heavy (non-hydrogen) atoms. The predicted octanol–water partition coefficient (Wildman–Crippen LogP) is 3.14. The largest absolute Gasteiger partial charge is 0.312 e. The Balaban J connectivity index is 1.62. The maximum Gasteiger partial charge on any atom is 0.240 e. The van der Waals surface area contributed by atoms with Crippen molar-refractivity contribution in [2.75, 3.05) is 18.0 Å². The summed E-state index contributed by atoms with van der Waals surface area (Å²) in [5.74, 6) is 0.349. The van der Waals surface area contributed by atoms with E-state index < -0.39 is 10.0 Å². The standard InChI is InChI=1S/C20H24N2O3S/c1-15(2)17-8-10-19(11-9-17)26(24,25)21-13-16-12-20(23)22(14-16)18-6-4-3-5-7-18/h3-11,15-16,21H,12-14H2,1-2H3. The number of amides is 1. The quantitative estimate of drug-likeness (QED) is 0.847. The molecular formula is C20H24N2O3S. The SMILES string of the molecule is CC(C)c1ccc(S(=O)(=O)NCC2CC(=O)N(c3ccccc3)C2)cc1. The van der Waals surface area contributed by atoms with Crippen LogP contribution in [0.1, 0.15) is 31.7 Å². The van der Waals surface area contributed by atoms with E-state index in [1.165, 1.54) is 0 Å². The molecule has 1 aliphatic rings. The highest BCUT2D eigenvalue weighted by Crippen LogP contribution is 2.25. The van der Waals surface area contributed by atoms with Crippen LogP contribution in [0.15, 0.2) is 59.5 Å². The molecule has 1 saturated heterocycles. The van der Waals surface area contributed by atoms with Crippen LogP contribution in [-0.2, 0) is 14.8 Å². The Morgan fingerprint density at radius 2 is 1.73 bits per heavy atom. The van der Waals surface area contributed by atoms with E-state index in [0.29, 0.717) is 18.9 Å². The average Bonchev–Trinajstić information content (AvgIpc) is 3.02. The van der Waals surface area contributed by atoms with Crippen LogP contribution in [0.4, 0.5) is 5.69 Å². The highest BCUT2D eigenvalue weighted by Gasteiger charge is 2.31. The topological polar surface area (TPSA) is 66.5 Å². The van der Waals surface area contributed by atoms with E-state index in [1.807, 2.05) is 42.5 Å². The lowest BCUT2D eigenvalue weighted by molar-refractivity contribution is -0.117. The number of carbonyl (C=O) groups is 1. The Labute approximate surface area is 155 Å². The first-order valence-corrected chi connectivity index (χ1v) is 10.3. The predicted molar refractivity (Wildman–Crippen MR) is 103 cm³/mol. The first-order chi connectivity index (χ1) is 12.4. The molecule has 0 radical (unpaired) electrons. The van der Waals surface area contributed by atoms with Crippen molar-refractivity contribution >= 4 is 21.6 Å². The first kappa shape index (κ1) is 18.6. The maximum atomic E-state index is 12.5. The van der Waals surface area contributed by atoms with E-state index in [4.69, 9.17) is 0 Å². The summed E-state index contributed by atoms with van der Waals surface area (Å²) in [7, 11) is -3.57. The molecule has 1 N–H and O–H groups in total. The Morgan fingerprint density at radius 3 is 2.35 bits per heavy atom. The molecule has 0 saturated carbocycles. The summed E-state index contributed by atoms with van der Waals surface area (Å²) in [6.07, 6.45) is 0.351. The van der Waals surface area contributed by atoms with E-state index >= 15 is 0 Å². The molecular weight excluding hydrogens is 348 g/mol. The zero-order valence-electron chi connectivity index (χ0n) is 15.1. The minimum atomic E-state index is -3.57. The van der Waals surface area contributed by atoms with Gasteiger partial charge in [0.25, 0.3) is 0 Å². The molecule has 2 aromatic carbocycles. The summed E-state index contributed by atoms with van der Waals surface area (Å²) < 4.78 is 27.6. The third-order valence-electron chi connectivity index (χ3n) is 4.69.